The minimum Gasteiger partial charge on any atom is -0.496 e. The van der Waals surface area contributed by atoms with E-state index in [0.717, 1.165) is 33.6 Å². The van der Waals surface area contributed by atoms with Crippen LogP contribution in [0.1, 0.15) is 67.2 Å². The van der Waals surface area contributed by atoms with Gasteiger partial charge in [0, 0.05) is 5.56 Å². The molecule has 3 aromatic rings. The third-order valence-electron chi connectivity index (χ3n) is 5.37. The molecule has 0 bridgehead atoms. The molecule has 1 unspecified atom stereocenters. The predicted molar refractivity (Wildman–Crippen MR) is 133 cm³/mol. The first kappa shape index (κ1) is 22.6. The summed E-state index contributed by atoms with van der Waals surface area (Å²) in [5.41, 5.74) is 6.79. The molecule has 0 saturated carbocycles. The van der Waals surface area contributed by atoms with Crippen molar-refractivity contribution in [3.8, 4) is 5.75 Å². The van der Waals surface area contributed by atoms with Crippen LogP contribution in [0.5, 0.6) is 5.75 Å². The second-order valence-electron chi connectivity index (χ2n) is 8.88. The van der Waals surface area contributed by atoms with Crippen LogP contribution in [0.3, 0.4) is 0 Å². The fourth-order valence-corrected chi connectivity index (χ4v) is 3.31. The van der Waals surface area contributed by atoms with Crippen LogP contribution in [0, 0.1) is 0 Å². The lowest BCUT2D eigenvalue weighted by molar-refractivity contribution is 0.199. The first-order valence-corrected chi connectivity index (χ1v) is 10.7. The molecule has 0 saturated heterocycles. The van der Waals surface area contributed by atoms with Gasteiger partial charge in [0.25, 0.3) is 0 Å². The van der Waals surface area contributed by atoms with Crippen LogP contribution in [0.2, 0.25) is 0 Å². The Balaban J connectivity index is 1.72. The van der Waals surface area contributed by atoms with E-state index >= 15 is 0 Å². The summed E-state index contributed by atoms with van der Waals surface area (Å²) in [5.74, 6) is 0.880. The van der Waals surface area contributed by atoms with Crippen molar-refractivity contribution < 1.29 is 9.84 Å². The fraction of sp³-hybridized carbons (Fsp3) is 0.241. The van der Waals surface area contributed by atoms with Crippen molar-refractivity contribution >= 4 is 24.3 Å². The van der Waals surface area contributed by atoms with Gasteiger partial charge in [-0.05, 0) is 52.3 Å². The van der Waals surface area contributed by atoms with Crippen LogP contribution in [0.25, 0.3) is 24.3 Å². The highest BCUT2D eigenvalue weighted by atomic mass is 16.5. The van der Waals surface area contributed by atoms with E-state index in [1.807, 2.05) is 30.3 Å². The average Bonchev–Trinajstić information content (AvgIpc) is 2.76. The topological polar surface area (TPSA) is 29.5 Å². The SMILES string of the molecule is COc1ccc(C(C)(C)C)cc1/C=C/c1ccc(/C=C/c2ccc(C(C)O)cc2)cc1. The van der Waals surface area contributed by atoms with E-state index in [-0.39, 0.29) is 5.41 Å². The Morgan fingerprint density at radius 2 is 1.23 bits per heavy atom. The highest BCUT2D eigenvalue weighted by Gasteiger charge is 2.15. The van der Waals surface area contributed by atoms with Gasteiger partial charge >= 0.3 is 0 Å². The molecule has 0 aromatic heterocycles. The van der Waals surface area contributed by atoms with Crippen LogP contribution in [-0.2, 0) is 5.41 Å². The maximum absolute atomic E-state index is 9.61. The van der Waals surface area contributed by atoms with Gasteiger partial charge < -0.3 is 9.84 Å². The molecule has 160 valence electrons. The third kappa shape index (κ3) is 6.19. The third-order valence-corrected chi connectivity index (χ3v) is 5.37. The number of aliphatic hydroxyl groups is 1. The Labute approximate surface area is 186 Å². The zero-order chi connectivity index (χ0) is 22.4. The van der Waals surface area contributed by atoms with Gasteiger partial charge in [0.2, 0.25) is 0 Å². The minimum atomic E-state index is -0.436. The van der Waals surface area contributed by atoms with Crippen molar-refractivity contribution in [3.05, 3.63) is 100 Å². The molecule has 1 N–H and O–H groups in total. The summed E-state index contributed by atoms with van der Waals surface area (Å²) < 4.78 is 5.54. The summed E-state index contributed by atoms with van der Waals surface area (Å²) in [4.78, 5) is 0. The molecule has 0 spiro atoms. The van der Waals surface area contributed by atoms with Crippen molar-refractivity contribution in [2.75, 3.05) is 7.11 Å². The predicted octanol–water partition coefficient (Wildman–Crippen LogP) is 7.39. The van der Waals surface area contributed by atoms with Gasteiger partial charge in [0.15, 0.2) is 0 Å². The normalized spacial score (nSPS) is 13.1. The lowest BCUT2D eigenvalue weighted by Crippen LogP contribution is -2.11. The van der Waals surface area contributed by atoms with Crippen LogP contribution < -0.4 is 4.74 Å². The Morgan fingerprint density at radius 3 is 1.68 bits per heavy atom. The highest BCUT2D eigenvalue weighted by Crippen LogP contribution is 2.29. The monoisotopic (exact) mass is 412 g/mol. The van der Waals surface area contributed by atoms with E-state index in [0.29, 0.717) is 0 Å². The molecule has 2 nitrogen and oxygen atoms in total. The molecule has 0 aliphatic heterocycles. The number of methoxy groups -OCH3 is 1. The van der Waals surface area contributed by atoms with Crippen LogP contribution in [0.4, 0.5) is 0 Å². The van der Waals surface area contributed by atoms with E-state index < -0.39 is 6.10 Å². The first-order valence-electron chi connectivity index (χ1n) is 10.7. The quantitative estimate of drug-likeness (QED) is 0.428. The summed E-state index contributed by atoms with van der Waals surface area (Å²) >= 11 is 0. The van der Waals surface area contributed by atoms with E-state index in [1.54, 1.807) is 14.0 Å². The molecule has 3 rings (SSSR count). The molecule has 0 radical (unpaired) electrons. The van der Waals surface area contributed by atoms with Gasteiger partial charge in [-0.15, -0.1) is 0 Å². The molecule has 0 heterocycles. The van der Waals surface area contributed by atoms with Gasteiger partial charge in [-0.2, -0.15) is 0 Å². The van der Waals surface area contributed by atoms with Crippen LogP contribution >= 0.6 is 0 Å². The molecule has 0 fully saturated rings. The fourth-order valence-electron chi connectivity index (χ4n) is 3.31. The van der Waals surface area contributed by atoms with Crippen molar-refractivity contribution in [1.82, 2.24) is 0 Å². The zero-order valence-electron chi connectivity index (χ0n) is 19.1. The number of benzene rings is 3. The molecule has 31 heavy (non-hydrogen) atoms. The molecule has 3 aromatic carbocycles. The van der Waals surface area contributed by atoms with Gasteiger partial charge in [0.1, 0.15) is 5.75 Å². The standard InChI is InChI=1S/C29H32O2/c1-21(30)25-15-12-24(13-16-25)11-8-22-6-9-23(10-7-22)14-17-26-20-27(29(2,3)4)18-19-28(26)31-5/h6-21,30H,1-5H3/b11-8+,17-14+. The number of rotatable bonds is 6. The smallest absolute Gasteiger partial charge is 0.126 e. The van der Waals surface area contributed by atoms with E-state index in [2.05, 4.69) is 81.5 Å². The maximum atomic E-state index is 9.61. The Bertz CT molecular complexity index is 1050. The van der Waals surface area contributed by atoms with Crippen molar-refractivity contribution in [2.45, 2.75) is 39.2 Å². The molecule has 0 amide bonds. The maximum Gasteiger partial charge on any atom is 0.126 e. The lowest BCUT2D eigenvalue weighted by atomic mass is 9.86. The molecule has 0 aliphatic rings. The van der Waals surface area contributed by atoms with Crippen LogP contribution in [0.15, 0.2) is 66.7 Å². The van der Waals surface area contributed by atoms with Gasteiger partial charge in [-0.25, -0.2) is 0 Å². The summed E-state index contributed by atoms with van der Waals surface area (Å²) in [6, 6.07) is 22.8. The van der Waals surface area contributed by atoms with Crippen molar-refractivity contribution in [2.24, 2.45) is 0 Å². The Hall–Kier alpha value is -3.10. The van der Waals surface area contributed by atoms with Gasteiger partial charge in [0.05, 0.1) is 13.2 Å². The Morgan fingerprint density at radius 1 is 0.742 bits per heavy atom. The van der Waals surface area contributed by atoms with Crippen molar-refractivity contribution in [1.29, 1.82) is 0 Å². The van der Waals surface area contributed by atoms with Gasteiger partial charge in [-0.1, -0.05) is 99.7 Å². The highest BCUT2D eigenvalue weighted by molar-refractivity contribution is 5.75. The van der Waals surface area contributed by atoms with E-state index in [9.17, 15) is 5.11 Å². The summed E-state index contributed by atoms with van der Waals surface area (Å²) in [7, 11) is 1.71. The lowest BCUT2D eigenvalue weighted by Gasteiger charge is -2.20. The Kier molecular flexibility index (Phi) is 7.14. The molecule has 0 aliphatic carbocycles. The molecular formula is C29H32O2. The number of aliphatic hydroxyl groups excluding tert-OH is 1. The first-order chi connectivity index (χ1) is 14.8. The largest absolute Gasteiger partial charge is 0.496 e. The van der Waals surface area contributed by atoms with Crippen molar-refractivity contribution in [3.63, 3.8) is 0 Å². The second kappa shape index (κ2) is 9.80. The average molecular weight is 413 g/mol. The summed E-state index contributed by atoms with van der Waals surface area (Å²) in [6.07, 6.45) is 7.98. The van der Waals surface area contributed by atoms with E-state index in [4.69, 9.17) is 4.74 Å². The second-order valence-corrected chi connectivity index (χ2v) is 8.88. The summed E-state index contributed by atoms with van der Waals surface area (Å²) in [5, 5.41) is 9.61. The summed E-state index contributed by atoms with van der Waals surface area (Å²) in [6.45, 7) is 8.43. The van der Waals surface area contributed by atoms with Gasteiger partial charge in [-0.3, -0.25) is 0 Å². The minimum absolute atomic E-state index is 0.0967. The molecular weight excluding hydrogens is 380 g/mol. The number of hydrogen-bond acceptors (Lipinski definition) is 2. The van der Waals surface area contributed by atoms with E-state index in [1.165, 1.54) is 5.56 Å². The zero-order valence-corrected chi connectivity index (χ0v) is 19.1. The molecule has 2 heteroatoms. The number of hydrogen-bond donors (Lipinski definition) is 1. The van der Waals surface area contributed by atoms with Crippen LogP contribution in [-0.4, -0.2) is 12.2 Å². The number of ether oxygens (including phenoxy) is 1. The molecule has 1 atom stereocenters.